The molecule has 12 heavy (non-hydrogen) atoms. The Kier molecular flexibility index (Phi) is 3.13. The molecule has 0 atom stereocenters. The van der Waals surface area contributed by atoms with Crippen LogP contribution in [0, 0.1) is 13.8 Å². The lowest BCUT2D eigenvalue weighted by Gasteiger charge is -2.05. The smallest absolute Gasteiger partial charge is 0.115 e. The minimum absolute atomic E-state index is 0.617. The van der Waals surface area contributed by atoms with Gasteiger partial charge in [-0.1, -0.05) is 0 Å². The van der Waals surface area contributed by atoms with E-state index in [1.165, 1.54) is 0 Å². The Morgan fingerprint density at radius 3 is 2.83 bits per heavy atom. The van der Waals surface area contributed by atoms with Crippen LogP contribution in [0.25, 0.3) is 0 Å². The molecule has 1 aromatic heterocycles. The standard InChI is InChI=1S/C8H13N3O/c1-6-7(2)9-5-10-8(6)4-11-12-3/h5,11H,4H2,1-3H3. The first-order valence-electron chi connectivity index (χ1n) is 3.78. The van der Waals surface area contributed by atoms with E-state index in [2.05, 4.69) is 15.4 Å². The van der Waals surface area contributed by atoms with Crippen molar-refractivity contribution in [2.45, 2.75) is 20.4 Å². The van der Waals surface area contributed by atoms with Gasteiger partial charge in [0.1, 0.15) is 6.33 Å². The molecule has 0 aliphatic carbocycles. The van der Waals surface area contributed by atoms with Gasteiger partial charge in [0.15, 0.2) is 0 Å². The van der Waals surface area contributed by atoms with Gasteiger partial charge in [-0.15, -0.1) is 0 Å². The van der Waals surface area contributed by atoms with E-state index in [1.807, 2.05) is 13.8 Å². The highest BCUT2D eigenvalue weighted by molar-refractivity contribution is 5.21. The van der Waals surface area contributed by atoms with Crippen molar-refractivity contribution in [3.63, 3.8) is 0 Å². The van der Waals surface area contributed by atoms with Crippen LogP contribution in [0.3, 0.4) is 0 Å². The molecule has 1 heterocycles. The largest absolute Gasteiger partial charge is 0.305 e. The summed E-state index contributed by atoms with van der Waals surface area (Å²) in [6.07, 6.45) is 1.56. The number of nitrogens with one attached hydrogen (secondary N) is 1. The maximum atomic E-state index is 4.73. The highest BCUT2D eigenvalue weighted by atomic mass is 16.6. The number of rotatable bonds is 3. The Morgan fingerprint density at radius 2 is 2.17 bits per heavy atom. The van der Waals surface area contributed by atoms with Gasteiger partial charge in [-0.2, -0.15) is 5.48 Å². The Morgan fingerprint density at radius 1 is 1.42 bits per heavy atom. The van der Waals surface area contributed by atoms with Gasteiger partial charge in [0, 0.05) is 5.69 Å². The third-order valence-corrected chi connectivity index (χ3v) is 1.82. The van der Waals surface area contributed by atoms with E-state index in [0.717, 1.165) is 17.0 Å². The maximum absolute atomic E-state index is 4.73. The molecule has 0 amide bonds. The van der Waals surface area contributed by atoms with Crippen LogP contribution >= 0.6 is 0 Å². The molecular weight excluding hydrogens is 154 g/mol. The Bertz CT molecular complexity index is 262. The van der Waals surface area contributed by atoms with Crippen LogP contribution in [-0.4, -0.2) is 17.1 Å². The third kappa shape index (κ3) is 1.99. The second-order valence-corrected chi connectivity index (χ2v) is 2.56. The molecule has 0 fully saturated rings. The molecule has 1 N–H and O–H groups in total. The predicted molar refractivity (Wildman–Crippen MR) is 45.4 cm³/mol. The summed E-state index contributed by atoms with van der Waals surface area (Å²) in [6.45, 7) is 4.58. The molecule has 0 bridgehead atoms. The zero-order chi connectivity index (χ0) is 8.97. The van der Waals surface area contributed by atoms with E-state index in [9.17, 15) is 0 Å². The normalized spacial score (nSPS) is 10.2. The van der Waals surface area contributed by atoms with Crippen LogP contribution < -0.4 is 5.48 Å². The van der Waals surface area contributed by atoms with Gasteiger partial charge in [0.25, 0.3) is 0 Å². The van der Waals surface area contributed by atoms with Gasteiger partial charge in [-0.25, -0.2) is 9.97 Å². The fourth-order valence-electron chi connectivity index (χ4n) is 0.906. The van der Waals surface area contributed by atoms with Crippen molar-refractivity contribution in [2.75, 3.05) is 7.11 Å². The van der Waals surface area contributed by atoms with E-state index >= 15 is 0 Å². The Balaban J connectivity index is 2.78. The molecule has 0 aliphatic rings. The molecule has 0 aliphatic heterocycles. The van der Waals surface area contributed by atoms with Gasteiger partial charge in [0.2, 0.25) is 0 Å². The zero-order valence-electron chi connectivity index (χ0n) is 7.59. The molecule has 1 rings (SSSR count). The fraction of sp³-hybridized carbons (Fsp3) is 0.500. The molecule has 0 saturated heterocycles. The zero-order valence-corrected chi connectivity index (χ0v) is 7.59. The second kappa shape index (κ2) is 4.13. The number of aryl methyl sites for hydroxylation is 1. The van der Waals surface area contributed by atoms with Crippen molar-refractivity contribution in [3.05, 3.63) is 23.3 Å². The summed E-state index contributed by atoms with van der Waals surface area (Å²) < 4.78 is 0. The monoisotopic (exact) mass is 167 g/mol. The first kappa shape index (κ1) is 9.09. The molecule has 0 saturated carbocycles. The average Bonchev–Trinajstić information content (AvgIpc) is 2.08. The minimum Gasteiger partial charge on any atom is -0.305 e. The van der Waals surface area contributed by atoms with Crippen molar-refractivity contribution >= 4 is 0 Å². The first-order chi connectivity index (χ1) is 5.75. The van der Waals surface area contributed by atoms with Gasteiger partial charge >= 0.3 is 0 Å². The van der Waals surface area contributed by atoms with E-state index < -0.39 is 0 Å². The lowest BCUT2D eigenvalue weighted by Crippen LogP contribution is -2.13. The lowest BCUT2D eigenvalue weighted by molar-refractivity contribution is 0.0856. The molecular formula is C8H13N3O. The molecule has 0 radical (unpaired) electrons. The maximum Gasteiger partial charge on any atom is 0.115 e. The predicted octanol–water partition coefficient (Wildman–Crippen LogP) is 0.744. The van der Waals surface area contributed by atoms with Crippen molar-refractivity contribution in [1.82, 2.24) is 15.4 Å². The molecule has 4 heteroatoms. The van der Waals surface area contributed by atoms with Crippen molar-refractivity contribution in [2.24, 2.45) is 0 Å². The molecule has 0 unspecified atom stereocenters. The number of nitrogens with zero attached hydrogens (tertiary/aromatic N) is 2. The van der Waals surface area contributed by atoms with E-state index in [0.29, 0.717) is 6.54 Å². The van der Waals surface area contributed by atoms with E-state index in [-0.39, 0.29) is 0 Å². The lowest BCUT2D eigenvalue weighted by atomic mass is 10.2. The first-order valence-corrected chi connectivity index (χ1v) is 3.78. The Labute approximate surface area is 71.9 Å². The SMILES string of the molecule is CONCc1ncnc(C)c1C. The van der Waals surface area contributed by atoms with Crippen molar-refractivity contribution in [3.8, 4) is 0 Å². The quantitative estimate of drug-likeness (QED) is 0.675. The molecule has 0 aromatic carbocycles. The van der Waals surface area contributed by atoms with Gasteiger partial charge < -0.3 is 4.84 Å². The van der Waals surface area contributed by atoms with Gasteiger partial charge in [0.05, 0.1) is 19.3 Å². The molecule has 66 valence electrons. The summed E-state index contributed by atoms with van der Waals surface area (Å²) in [5.74, 6) is 0. The fourth-order valence-corrected chi connectivity index (χ4v) is 0.906. The van der Waals surface area contributed by atoms with Crippen LogP contribution in [0.4, 0.5) is 0 Å². The summed E-state index contributed by atoms with van der Waals surface area (Å²) in [6, 6.07) is 0. The van der Waals surface area contributed by atoms with Crippen LogP contribution in [0.1, 0.15) is 17.0 Å². The van der Waals surface area contributed by atoms with Crippen molar-refractivity contribution < 1.29 is 4.84 Å². The molecule has 4 nitrogen and oxygen atoms in total. The number of aromatic nitrogens is 2. The van der Waals surface area contributed by atoms with Crippen molar-refractivity contribution in [1.29, 1.82) is 0 Å². The summed E-state index contributed by atoms with van der Waals surface area (Å²) in [4.78, 5) is 12.9. The third-order valence-electron chi connectivity index (χ3n) is 1.82. The average molecular weight is 167 g/mol. The van der Waals surface area contributed by atoms with E-state index in [1.54, 1.807) is 13.4 Å². The highest BCUT2D eigenvalue weighted by Gasteiger charge is 2.01. The second-order valence-electron chi connectivity index (χ2n) is 2.56. The minimum atomic E-state index is 0.617. The van der Waals surface area contributed by atoms with Crippen LogP contribution in [0.2, 0.25) is 0 Å². The number of hydrogen-bond donors (Lipinski definition) is 1. The Hall–Kier alpha value is -1.00. The highest BCUT2D eigenvalue weighted by Crippen LogP contribution is 2.05. The van der Waals surface area contributed by atoms with Crippen LogP contribution in [0.5, 0.6) is 0 Å². The van der Waals surface area contributed by atoms with E-state index in [4.69, 9.17) is 4.84 Å². The summed E-state index contributed by atoms with van der Waals surface area (Å²) in [5.41, 5.74) is 5.84. The summed E-state index contributed by atoms with van der Waals surface area (Å²) in [7, 11) is 1.59. The van der Waals surface area contributed by atoms with Gasteiger partial charge in [-0.05, 0) is 19.4 Å². The van der Waals surface area contributed by atoms with Crippen LogP contribution in [-0.2, 0) is 11.4 Å². The summed E-state index contributed by atoms with van der Waals surface area (Å²) in [5, 5.41) is 0. The van der Waals surface area contributed by atoms with Crippen LogP contribution in [0.15, 0.2) is 6.33 Å². The number of hydrogen-bond acceptors (Lipinski definition) is 4. The molecule has 1 aromatic rings. The molecule has 0 spiro atoms. The van der Waals surface area contributed by atoms with Gasteiger partial charge in [-0.3, -0.25) is 0 Å². The topological polar surface area (TPSA) is 47.0 Å². The summed E-state index contributed by atoms with van der Waals surface area (Å²) >= 11 is 0. The number of hydroxylamine groups is 1.